The van der Waals surface area contributed by atoms with Crippen LogP contribution >= 0.6 is 0 Å². The summed E-state index contributed by atoms with van der Waals surface area (Å²) in [5.41, 5.74) is 0. The van der Waals surface area contributed by atoms with E-state index in [-0.39, 0.29) is 94.4 Å². The molecule has 0 heterocycles. The van der Waals surface area contributed by atoms with Crippen molar-refractivity contribution in [1.82, 2.24) is 0 Å². The molecular formula is H12BaO8SrTi2. The van der Waals surface area contributed by atoms with E-state index >= 15 is 0 Å². The fourth-order valence-corrected chi connectivity index (χ4v) is 0. The molecule has 0 aromatic heterocycles. The van der Waals surface area contributed by atoms with Crippen molar-refractivity contribution in [3.05, 3.63) is 0 Å². The van der Waals surface area contributed by atoms with Crippen LogP contribution in [0.2, 0.25) is 0 Å². The first-order valence-corrected chi connectivity index (χ1v) is 7.38. The topological polar surface area (TPSA) is 162 Å². The van der Waals surface area contributed by atoms with Gasteiger partial charge in [-0.05, 0) is 0 Å². The first kappa shape index (κ1) is 25.1. The average molecular weight is 461 g/mol. The van der Waals surface area contributed by atoms with Crippen molar-refractivity contribution in [3.8, 4) is 0 Å². The van der Waals surface area contributed by atoms with E-state index in [2.05, 4.69) is 0 Å². The van der Waals surface area contributed by atoms with E-state index in [1.54, 1.807) is 0 Å². The Kier molecular flexibility index (Phi) is 24.4. The van der Waals surface area contributed by atoms with Crippen LogP contribution in [0.25, 0.3) is 0 Å². The SMILES string of the molecule is [BaH2].[OH][Ti]([OH])([OH])[OH].[OH][Ti]([OH])([OH])[OH].[SrH2]. The van der Waals surface area contributed by atoms with Crippen molar-refractivity contribution >= 4 is 94.4 Å². The summed E-state index contributed by atoms with van der Waals surface area (Å²) in [5.74, 6) is 0. The molecule has 0 aliphatic carbocycles. The second kappa shape index (κ2) is 11.6. The number of rotatable bonds is 0. The minimum atomic E-state index is -5.00. The molecule has 0 atom stereocenters. The third kappa shape index (κ3) is 142. The van der Waals surface area contributed by atoms with Gasteiger partial charge in [-0.2, -0.15) is 0 Å². The van der Waals surface area contributed by atoms with E-state index < -0.39 is 36.3 Å². The summed E-state index contributed by atoms with van der Waals surface area (Å²) in [7, 11) is 0. The fourth-order valence-electron chi connectivity index (χ4n) is 0. The predicted octanol–water partition coefficient (Wildman–Crippen LogP) is -6.29. The van der Waals surface area contributed by atoms with Crippen molar-refractivity contribution in [2.45, 2.75) is 0 Å². The monoisotopic (exact) mass is 462 g/mol. The van der Waals surface area contributed by atoms with Crippen LogP contribution in [0.1, 0.15) is 0 Å². The Bertz CT molecular complexity index is 60.0. The summed E-state index contributed by atoms with van der Waals surface area (Å²) in [4.78, 5) is 0. The van der Waals surface area contributed by atoms with E-state index in [9.17, 15) is 0 Å². The zero-order valence-electron chi connectivity index (χ0n) is 4.58. The number of hydrogen-bond acceptors (Lipinski definition) is 8. The van der Waals surface area contributed by atoms with Gasteiger partial charge >= 0.3 is 160 Å². The van der Waals surface area contributed by atoms with Gasteiger partial charge < -0.3 is 0 Å². The third-order valence-corrected chi connectivity index (χ3v) is 0. The summed E-state index contributed by atoms with van der Waals surface area (Å²) < 4.78 is 59.0. The quantitative estimate of drug-likeness (QED) is 0.166. The summed E-state index contributed by atoms with van der Waals surface area (Å²) in [6.07, 6.45) is 0. The Hall–Kier alpha value is 4.16. The van der Waals surface area contributed by atoms with Crippen molar-refractivity contribution in [2.75, 3.05) is 0 Å². The van der Waals surface area contributed by atoms with Gasteiger partial charge in [0.15, 0.2) is 0 Å². The Balaban J connectivity index is -0.0000000457. The van der Waals surface area contributed by atoms with E-state index in [1.165, 1.54) is 0 Å². The van der Waals surface area contributed by atoms with Gasteiger partial charge in [0.25, 0.3) is 0 Å². The van der Waals surface area contributed by atoms with Gasteiger partial charge in [0.2, 0.25) is 0 Å². The Morgan fingerprint density at radius 2 is 0.500 bits per heavy atom. The van der Waals surface area contributed by atoms with E-state index in [1.807, 2.05) is 0 Å². The molecule has 0 spiro atoms. The fraction of sp³-hybridized carbons (Fsp3) is 0. The van der Waals surface area contributed by atoms with Crippen LogP contribution in [-0.4, -0.2) is 124 Å². The average Bonchev–Trinajstić information content (AvgIpc) is 1.12. The standard InChI is InChI=1S/Ba.8H2O.Sr.2Ti.4H/h;8*1H2;;;;;;;/q;;;;;;;;;;2*+4;;;;/p-8. The van der Waals surface area contributed by atoms with Crippen molar-refractivity contribution in [1.29, 1.82) is 0 Å². The van der Waals surface area contributed by atoms with E-state index in [4.69, 9.17) is 29.5 Å². The molecule has 12 heavy (non-hydrogen) atoms. The van der Waals surface area contributed by atoms with Crippen molar-refractivity contribution in [3.63, 3.8) is 0 Å². The molecule has 0 aromatic rings. The van der Waals surface area contributed by atoms with Crippen molar-refractivity contribution < 1.29 is 65.8 Å². The molecule has 0 saturated heterocycles. The Morgan fingerprint density at radius 1 is 0.500 bits per heavy atom. The molecule has 8 nitrogen and oxygen atoms in total. The normalized spacial score (nSPS) is 10.0. The van der Waals surface area contributed by atoms with Gasteiger partial charge in [0.05, 0.1) is 0 Å². The zero-order valence-corrected chi connectivity index (χ0v) is 7.70. The van der Waals surface area contributed by atoms with Gasteiger partial charge in [-0.15, -0.1) is 0 Å². The third-order valence-electron chi connectivity index (χ3n) is 0. The maximum absolute atomic E-state index is 7.38. The van der Waals surface area contributed by atoms with Crippen LogP contribution in [-0.2, 0) is 36.3 Å². The predicted molar refractivity (Wildman–Crippen MR) is 34.8 cm³/mol. The second-order valence-corrected chi connectivity index (χ2v) is 4.95. The number of hydrogen-bond donors (Lipinski definition) is 8. The minimum absolute atomic E-state index is 0. The zero-order chi connectivity index (χ0) is 9.00. The second-order valence-electron chi connectivity index (χ2n) is 1.20. The molecule has 0 aliphatic heterocycles. The van der Waals surface area contributed by atoms with Gasteiger partial charge in [0.1, 0.15) is 0 Å². The molecule has 0 fully saturated rings. The molecule has 0 radical (unpaired) electrons. The van der Waals surface area contributed by atoms with Gasteiger partial charge in [-0.1, -0.05) is 0 Å². The van der Waals surface area contributed by atoms with Crippen LogP contribution < -0.4 is 0 Å². The van der Waals surface area contributed by atoms with E-state index in [0.29, 0.717) is 0 Å². The summed E-state index contributed by atoms with van der Waals surface area (Å²) in [6.45, 7) is 0. The molecule has 12 heteroatoms. The van der Waals surface area contributed by atoms with Gasteiger partial charge in [-0.25, -0.2) is 0 Å². The van der Waals surface area contributed by atoms with Crippen LogP contribution in [0.5, 0.6) is 0 Å². The molecule has 0 aromatic carbocycles. The van der Waals surface area contributed by atoms with Crippen molar-refractivity contribution in [2.24, 2.45) is 0 Å². The summed E-state index contributed by atoms with van der Waals surface area (Å²) in [6, 6.07) is 0. The summed E-state index contributed by atoms with van der Waals surface area (Å²) in [5, 5.41) is 0. The molecule has 0 unspecified atom stereocenters. The molecule has 0 amide bonds. The first-order valence-electron chi connectivity index (χ1n) is 1.79. The molecule has 0 rings (SSSR count). The van der Waals surface area contributed by atoms with Crippen LogP contribution in [0.4, 0.5) is 0 Å². The molecule has 72 valence electrons. The Morgan fingerprint density at radius 3 is 0.500 bits per heavy atom. The van der Waals surface area contributed by atoms with Gasteiger partial charge in [-0.3, -0.25) is 0 Å². The van der Waals surface area contributed by atoms with Crippen LogP contribution in [0, 0.1) is 0 Å². The van der Waals surface area contributed by atoms with Gasteiger partial charge in [0, 0.05) is 0 Å². The molecular weight excluding hydrogens is 449 g/mol. The molecule has 0 saturated carbocycles. The molecule has 0 aliphatic rings. The maximum atomic E-state index is 7.38. The Labute approximate surface area is 156 Å². The molecule has 0 bridgehead atoms. The molecule has 8 N–H and O–H groups in total. The van der Waals surface area contributed by atoms with Crippen LogP contribution in [0.15, 0.2) is 0 Å². The van der Waals surface area contributed by atoms with Crippen LogP contribution in [0.3, 0.4) is 0 Å². The summed E-state index contributed by atoms with van der Waals surface area (Å²) >= 11 is -10.0. The first-order chi connectivity index (χ1) is 4.00. The van der Waals surface area contributed by atoms with E-state index in [0.717, 1.165) is 0 Å².